The number of aryl methyl sites for hydroxylation is 1. The maximum atomic E-state index is 8.96. The van der Waals surface area contributed by atoms with E-state index in [4.69, 9.17) is 23.1 Å². The Labute approximate surface area is 108 Å². The van der Waals surface area contributed by atoms with E-state index in [1.165, 1.54) is 11.1 Å². The molecule has 0 aliphatic carbocycles. The third-order valence-corrected chi connectivity index (χ3v) is 3.12. The zero-order valence-electron chi connectivity index (χ0n) is 10.4. The van der Waals surface area contributed by atoms with Gasteiger partial charge in [-0.25, -0.2) is 0 Å². The number of rotatable bonds is 6. The SMILES string of the molecule is CCN(CCO)Cc1ccc(C(N)=S)cc1C. The van der Waals surface area contributed by atoms with E-state index in [2.05, 4.69) is 24.8 Å². The molecule has 0 fully saturated rings. The normalized spacial score (nSPS) is 10.8. The second-order valence-corrected chi connectivity index (χ2v) is 4.54. The molecular formula is C13H20N2OS. The molecule has 0 unspecified atom stereocenters. The van der Waals surface area contributed by atoms with Crippen LogP contribution in [0, 0.1) is 6.92 Å². The summed E-state index contributed by atoms with van der Waals surface area (Å²) in [4.78, 5) is 2.63. The summed E-state index contributed by atoms with van der Waals surface area (Å²) in [6.07, 6.45) is 0. The molecule has 0 atom stereocenters. The lowest BCUT2D eigenvalue weighted by atomic mass is 10.0. The molecule has 0 aromatic heterocycles. The third kappa shape index (κ3) is 4.07. The smallest absolute Gasteiger partial charge is 0.103 e. The van der Waals surface area contributed by atoms with Crippen molar-refractivity contribution in [3.8, 4) is 0 Å². The van der Waals surface area contributed by atoms with Crippen molar-refractivity contribution in [1.29, 1.82) is 0 Å². The Hall–Kier alpha value is -0.970. The molecule has 0 saturated carbocycles. The summed E-state index contributed by atoms with van der Waals surface area (Å²) in [5, 5.41) is 8.96. The first-order valence-corrected chi connectivity index (χ1v) is 6.21. The first-order valence-electron chi connectivity index (χ1n) is 5.81. The number of nitrogens with two attached hydrogens (primary N) is 1. The summed E-state index contributed by atoms with van der Waals surface area (Å²) < 4.78 is 0. The summed E-state index contributed by atoms with van der Waals surface area (Å²) in [5.41, 5.74) is 8.94. The highest BCUT2D eigenvalue weighted by atomic mass is 32.1. The quantitative estimate of drug-likeness (QED) is 0.752. The van der Waals surface area contributed by atoms with Crippen molar-refractivity contribution >= 4 is 17.2 Å². The van der Waals surface area contributed by atoms with Crippen molar-refractivity contribution in [2.24, 2.45) is 5.73 Å². The summed E-state index contributed by atoms with van der Waals surface area (Å²) in [7, 11) is 0. The van der Waals surface area contributed by atoms with Gasteiger partial charge in [-0.3, -0.25) is 4.90 Å². The second-order valence-electron chi connectivity index (χ2n) is 4.10. The summed E-state index contributed by atoms with van der Waals surface area (Å²) in [6.45, 7) is 6.82. The van der Waals surface area contributed by atoms with Crippen LogP contribution in [0.4, 0.5) is 0 Å². The van der Waals surface area contributed by atoms with E-state index in [1.54, 1.807) is 0 Å². The van der Waals surface area contributed by atoms with Gasteiger partial charge in [-0.05, 0) is 30.7 Å². The third-order valence-electron chi connectivity index (χ3n) is 2.88. The van der Waals surface area contributed by atoms with E-state index in [9.17, 15) is 0 Å². The number of aliphatic hydroxyl groups excluding tert-OH is 1. The monoisotopic (exact) mass is 252 g/mol. The summed E-state index contributed by atoms with van der Waals surface area (Å²) >= 11 is 4.95. The number of nitrogens with zero attached hydrogens (tertiary/aromatic N) is 1. The topological polar surface area (TPSA) is 49.5 Å². The Morgan fingerprint density at radius 3 is 2.65 bits per heavy atom. The fourth-order valence-electron chi connectivity index (χ4n) is 1.76. The minimum Gasteiger partial charge on any atom is -0.395 e. The average molecular weight is 252 g/mol. The predicted octanol–water partition coefficient (Wildman–Crippen LogP) is 1.44. The molecule has 1 aromatic rings. The Bertz CT molecular complexity index is 393. The van der Waals surface area contributed by atoms with E-state index < -0.39 is 0 Å². The average Bonchev–Trinajstić information content (AvgIpc) is 2.30. The van der Waals surface area contributed by atoms with Crippen LogP contribution in [0.3, 0.4) is 0 Å². The molecule has 0 heterocycles. The van der Waals surface area contributed by atoms with E-state index in [0.29, 0.717) is 11.5 Å². The van der Waals surface area contributed by atoms with Gasteiger partial charge in [0.15, 0.2) is 0 Å². The van der Waals surface area contributed by atoms with Crippen molar-refractivity contribution in [3.63, 3.8) is 0 Å². The number of benzene rings is 1. The maximum Gasteiger partial charge on any atom is 0.103 e. The van der Waals surface area contributed by atoms with Gasteiger partial charge >= 0.3 is 0 Å². The van der Waals surface area contributed by atoms with E-state index in [1.807, 2.05) is 12.1 Å². The van der Waals surface area contributed by atoms with Crippen LogP contribution in [-0.4, -0.2) is 34.7 Å². The standard InChI is InChI=1S/C13H20N2OS/c1-3-15(6-7-16)9-12-5-4-11(13(14)17)8-10(12)2/h4-5,8,16H,3,6-7,9H2,1-2H3,(H2,14,17). The zero-order valence-corrected chi connectivity index (χ0v) is 11.3. The fraction of sp³-hybridized carbons (Fsp3) is 0.462. The highest BCUT2D eigenvalue weighted by molar-refractivity contribution is 7.80. The van der Waals surface area contributed by atoms with Crippen LogP contribution in [0.5, 0.6) is 0 Å². The summed E-state index contributed by atoms with van der Waals surface area (Å²) in [6, 6.07) is 6.03. The molecule has 3 N–H and O–H groups in total. The van der Waals surface area contributed by atoms with Gasteiger partial charge in [0.05, 0.1) is 6.61 Å². The van der Waals surface area contributed by atoms with E-state index >= 15 is 0 Å². The molecule has 0 saturated heterocycles. The lowest BCUT2D eigenvalue weighted by molar-refractivity contribution is 0.196. The predicted molar refractivity (Wildman–Crippen MR) is 75.1 cm³/mol. The van der Waals surface area contributed by atoms with Crippen molar-refractivity contribution in [2.75, 3.05) is 19.7 Å². The second kappa shape index (κ2) is 6.69. The van der Waals surface area contributed by atoms with Gasteiger partial charge in [0.1, 0.15) is 4.99 Å². The molecule has 0 radical (unpaired) electrons. The molecule has 17 heavy (non-hydrogen) atoms. The van der Waals surface area contributed by atoms with Crippen molar-refractivity contribution in [3.05, 3.63) is 34.9 Å². The van der Waals surface area contributed by atoms with Crippen LogP contribution in [0.2, 0.25) is 0 Å². The molecule has 0 amide bonds. The molecule has 4 heteroatoms. The number of hydrogen-bond donors (Lipinski definition) is 2. The van der Waals surface area contributed by atoms with Crippen LogP contribution in [0.25, 0.3) is 0 Å². The largest absolute Gasteiger partial charge is 0.395 e. The number of hydrogen-bond acceptors (Lipinski definition) is 3. The first kappa shape index (κ1) is 14.1. The Kier molecular flexibility index (Phi) is 5.55. The highest BCUT2D eigenvalue weighted by Crippen LogP contribution is 2.13. The lowest BCUT2D eigenvalue weighted by Crippen LogP contribution is -2.26. The van der Waals surface area contributed by atoms with Gasteiger partial charge in [-0.15, -0.1) is 0 Å². The van der Waals surface area contributed by atoms with E-state index in [0.717, 1.165) is 18.7 Å². The van der Waals surface area contributed by atoms with Crippen LogP contribution in [-0.2, 0) is 6.54 Å². The first-order chi connectivity index (χ1) is 8.08. The van der Waals surface area contributed by atoms with Gasteiger partial charge < -0.3 is 10.8 Å². The maximum absolute atomic E-state index is 8.96. The minimum atomic E-state index is 0.192. The minimum absolute atomic E-state index is 0.192. The Balaban J connectivity index is 2.81. The molecule has 0 aliphatic rings. The molecule has 0 aliphatic heterocycles. The molecule has 0 spiro atoms. The molecule has 0 bridgehead atoms. The van der Waals surface area contributed by atoms with Crippen LogP contribution in [0.15, 0.2) is 18.2 Å². The number of thiocarbonyl (C=S) groups is 1. The number of likely N-dealkylation sites (N-methyl/N-ethyl adjacent to an activating group) is 1. The molecule has 3 nitrogen and oxygen atoms in total. The van der Waals surface area contributed by atoms with Gasteiger partial charge in [0, 0.05) is 18.7 Å². The molecule has 1 aromatic carbocycles. The Morgan fingerprint density at radius 1 is 1.47 bits per heavy atom. The van der Waals surface area contributed by atoms with Gasteiger partial charge in [-0.1, -0.05) is 31.3 Å². The molecular weight excluding hydrogens is 232 g/mol. The van der Waals surface area contributed by atoms with Gasteiger partial charge in [-0.2, -0.15) is 0 Å². The van der Waals surface area contributed by atoms with Crippen molar-refractivity contribution in [2.45, 2.75) is 20.4 Å². The highest BCUT2D eigenvalue weighted by Gasteiger charge is 2.06. The number of aliphatic hydroxyl groups is 1. The molecule has 94 valence electrons. The summed E-state index contributed by atoms with van der Waals surface area (Å²) in [5.74, 6) is 0. The van der Waals surface area contributed by atoms with Gasteiger partial charge in [0.2, 0.25) is 0 Å². The van der Waals surface area contributed by atoms with Crippen molar-refractivity contribution < 1.29 is 5.11 Å². The Morgan fingerprint density at radius 2 is 2.18 bits per heavy atom. The fourth-order valence-corrected chi connectivity index (χ4v) is 1.88. The van der Waals surface area contributed by atoms with Crippen LogP contribution < -0.4 is 5.73 Å². The van der Waals surface area contributed by atoms with Crippen LogP contribution in [0.1, 0.15) is 23.6 Å². The molecule has 1 rings (SSSR count). The van der Waals surface area contributed by atoms with Crippen LogP contribution >= 0.6 is 12.2 Å². The van der Waals surface area contributed by atoms with Crippen molar-refractivity contribution in [1.82, 2.24) is 4.90 Å². The lowest BCUT2D eigenvalue weighted by Gasteiger charge is -2.20. The zero-order chi connectivity index (χ0) is 12.8. The van der Waals surface area contributed by atoms with Gasteiger partial charge in [0.25, 0.3) is 0 Å². The van der Waals surface area contributed by atoms with E-state index in [-0.39, 0.29) is 6.61 Å².